The number of benzene rings is 1. The van der Waals surface area contributed by atoms with E-state index in [-0.39, 0.29) is 24.9 Å². The first kappa shape index (κ1) is 19.3. The second-order valence-electron chi connectivity index (χ2n) is 5.27. The number of methoxy groups -OCH3 is 1. The Balaban J connectivity index is 0.00000264. The van der Waals surface area contributed by atoms with Crippen molar-refractivity contribution in [3.63, 3.8) is 0 Å². The highest BCUT2D eigenvalue weighted by Crippen LogP contribution is 2.17. The molecule has 0 spiro atoms. The summed E-state index contributed by atoms with van der Waals surface area (Å²) in [6, 6.07) is 7.38. The molecule has 1 aromatic rings. The molecule has 1 aliphatic heterocycles. The summed E-state index contributed by atoms with van der Waals surface area (Å²) in [7, 11) is 1.31. The summed E-state index contributed by atoms with van der Waals surface area (Å²) >= 11 is 0. The van der Waals surface area contributed by atoms with E-state index in [0.717, 1.165) is 25.1 Å². The quantitative estimate of drug-likeness (QED) is 0.742. The molecule has 1 heterocycles. The number of anilines is 1. The molecule has 0 bridgehead atoms. The van der Waals surface area contributed by atoms with Gasteiger partial charge in [-0.15, -0.1) is 12.4 Å². The normalized spacial score (nSPS) is 16.3. The number of carbonyl (C=O) groups excluding carboxylic acids is 2. The Bertz CT molecular complexity index is 501. The highest BCUT2D eigenvalue weighted by molar-refractivity contribution is 5.90. The van der Waals surface area contributed by atoms with Crippen LogP contribution >= 0.6 is 12.4 Å². The van der Waals surface area contributed by atoms with Crippen LogP contribution in [-0.2, 0) is 14.3 Å². The van der Waals surface area contributed by atoms with Crippen LogP contribution in [0.1, 0.15) is 25.7 Å². The Labute approximate surface area is 142 Å². The van der Waals surface area contributed by atoms with Crippen LogP contribution in [0.25, 0.3) is 0 Å². The first-order valence-electron chi connectivity index (χ1n) is 7.50. The molecule has 1 aromatic carbocycles. The van der Waals surface area contributed by atoms with E-state index in [1.165, 1.54) is 13.5 Å². The molecule has 1 unspecified atom stereocenters. The lowest BCUT2D eigenvalue weighted by Crippen LogP contribution is -2.23. The molecule has 1 fully saturated rings. The zero-order valence-corrected chi connectivity index (χ0v) is 14.0. The fraction of sp³-hybridized carbons (Fsp3) is 0.500. The van der Waals surface area contributed by atoms with Crippen LogP contribution in [0.5, 0.6) is 5.75 Å². The molecule has 7 heteroatoms. The van der Waals surface area contributed by atoms with Crippen molar-refractivity contribution in [1.29, 1.82) is 0 Å². The lowest BCUT2D eigenvalue weighted by Gasteiger charge is -2.10. The SMILES string of the molecule is COC(=O)COc1ccc(NC(=O)CCC2CCCN2)cc1.Cl. The van der Waals surface area contributed by atoms with Gasteiger partial charge in [0.1, 0.15) is 5.75 Å². The molecule has 0 saturated carbocycles. The second kappa shape index (κ2) is 10.1. The zero-order chi connectivity index (χ0) is 15.8. The van der Waals surface area contributed by atoms with Crippen LogP contribution in [0.3, 0.4) is 0 Å². The maximum absolute atomic E-state index is 11.9. The van der Waals surface area contributed by atoms with Crippen molar-refractivity contribution in [2.45, 2.75) is 31.7 Å². The van der Waals surface area contributed by atoms with Gasteiger partial charge in [-0.25, -0.2) is 4.79 Å². The van der Waals surface area contributed by atoms with Crippen molar-refractivity contribution in [2.24, 2.45) is 0 Å². The summed E-state index contributed by atoms with van der Waals surface area (Å²) in [6.45, 7) is 0.927. The minimum absolute atomic E-state index is 0. The Hall–Kier alpha value is -1.79. The number of nitrogens with one attached hydrogen (secondary N) is 2. The fourth-order valence-electron chi connectivity index (χ4n) is 2.37. The van der Waals surface area contributed by atoms with Crippen molar-refractivity contribution in [1.82, 2.24) is 5.32 Å². The molecule has 6 nitrogen and oxygen atoms in total. The van der Waals surface area contributed by atoms with E-state index < -0.39 is 5.97 Å². The van der Waals surface area contributed by atoms with Gasteiger partial charge in [0.2, 0.25) is 5.91 Å². The number of halogens is 1. The van der Waals surface area contributed by atoms with Gasteiger partial charge in [-0.2, -0.15) is 0 Å². The smallest absolute Gasteiger partial charge is 0.343 e. The Morgan fingerprint density at radius 2 is 2.04 bits per heavy atom. The summed E-state index contributed by atoms with van der Waals surface area (Å²) in [5.41, 5.74) is 0.717. The molecule has 2 rings (SSSR count). The van der Waals surface area contributed by atoms with E-state index in [4.69, 9.17) is 4.74 Å². The molecule has 1 saturated heterocycles. The topological polar surface area (TPSA) is 76.7 Å². The predicted molar refractivity (Wildman–Crippen MR) is 90.1 cm³/mol. The van der Waals surface area contributed by atoms with Gasteiger partial charge in [-0.3, -0.25) is 4.79 Å². The molecule has 1 aliphatic rings. The Kier molecular flexibility index (Phi) is 8.43. The second-order valence-corrected chi connectivity index (χ2v) is 5.27. The fourth-order valence-corrected chi connectivity index (χ4v) is 2.37. The number of esters is 1. The van der Waals surface area contributed by atoms with Crippen molar-refractivity contribution < 1.29 is 19.1 Å². The maximum Gasteiger partial charge on any atom is 0.343 e. The largest absolute Gasteiger partial charge is 0.482 e. The summed E-state index contributed by atoms with van der Waals surface area (Å²) in [5.74, 6) is 0.133. The van der Waals surface area contributed by atoms with Crippen molar-refractivity contribution >= 4 is 30.0 Å². The van der Waals surface area contributed by atoms with Crippen LogP contribution < -0.4 is 15.4 Å². The van der Waals surface area contributed by atoms with E-state index in [1.807, 2.05) is 0 Å². The number of rotatable bonds is 7. The van der Waals surface area contributed by atoms with Crippen molar-refractivity contribution in [3.8, 4) is 5.75 Å². The van der Waals surface area contributed by atoms with E-state index in [9.17, 15) is 9.59 Å². The van der Waals surface area contributed by atoms with Crippen LogP contribution in [0.4, 0.5) is 5.69 Å². The number of hydrogen-bond acceptors (Lipinski definition) is 5. The summed E-state index contributed by atoms with van der Waals surface area (Å²) < 4.78 is 9.73. The van der Waals surface area contributed by atoms with Crippen LogP contribution in [0.2, 0.25) is 0 Å². The summed E-state index contributed by atoms with van der Waals surface area (Å²) in [5, 5.41) is 6.23. The van der Waals surface area contributed by atoms with Crippen molar-refractivity contribution in [3.05, 3.63) is 24.3 Å². The molecule has 0 radical (unpaired) electrons. The molecule has 1 amide bonds. The minimum atomic E-state index is -0.432. The third-order valence-corrected chi connectivity index (χ3v) is 3.60. The average Bonchev–Trinajstić information content (AvgIpc) is 3.05. The molecule has 2 N–H and O–H groups in total. The predicted octanol–water partition coefficient (Wildman–Crippen LogP) is 2.13. The lowest BCUT2D eigenvalue weighted by atomic mass is 10.1. The number of carbonyl (C=O) groups is 2. The summed E-state index contributed by atoms with van der Waals surface area (Å²) in [6.07, 6.45) is 3.73. The van der Waals surface area contributed by atoms with Gasteiger partial charge < -0.3 is 20.1 Å². The first-order valence-corrected chi connectivity index (χ1v) is 7.50. The highest BCUT2D eigenvalue weighted by atomic mass is 35.5. The van der Waals surface area contributed by atoms with Crippen LogP contribution in [0, 0.1) is 0 Å². The third kappa shape index (κ3) is 6.88. The van der Waals surface area contributed by atoms with Gasteiger partial charge in [0.25, 0.3) is 0 Å². The molecule has 23 heavy (non-hydrogen) atoms. The maximum atomic E-state index is 11.9. The monoisotopic (exact) mass is 342 g/mol. The Morgan fingerprint density at radius 1 is 1.30 bits per heavy atom. The lowest BCUT2D eigenvalue weighted by molar-refractivity contribution is -0.142. The van der Waals surface area contributed by atoms with Gasteiger partial charge in [-0.1, -0.05) is 0 Å². The van der Waals surface area contributed by atoms with E-state index in [0.29, 0.717) is 18.2 Å². The van der Waals surface area contributed by atoms with Gasteiger partial charge in [0.15, 0.2) is 6.61 Å². The number of ether oxygens (including phenoxy) is 2. The molecule has 1 atom stereocenters. The van der Waals surface area contributed by atoms with Gasteiger partial charge in [-0.05, 0) is 50.1 Å². The third-order valence-electron chi connectivity index (χ3n) is 3.60. The summed E-state index contributed by atoms with van der Waals surface area (Å²) in [4.78, 5) is 22.8. The molecule has 128 valence electrons. The molecule has 0 aromatic heterocycles. The molecular weight excluding hydrogens is 320 g/mol. The average molecular weight is 343 g/mol. The van der Waals surface area contributed by atoms with Gasteiger partial charge in [0, 0.05) is 18.2 Å². The number of amides is 1. The highest BCUT2D eigenvalue weighted by Gasteiger charge is 2.15. The standard InChI is InChI=1S/C16H22N2O4.ClH/c1-21-16(20)11-22-14-7-4-13(5-8-14)18-15(19)9-6-12-3-2-10-17-12;/h4-5,7-8,12,17H,2-3,6,9-11H2,1H3,(H,18,19);1H. The van der Waals surface area contributed by atoms with Crippen LogP contribution in [0.15, 0.2) is 24.3 Å². The first-order chi connectivity index (χ1) is 10.7. The van der Waals surface area contributed by atoms with Crippen molar-refractivity contribution in [2.75, 3.05) is 25.6 Å². The van der Waals surface area contributed by atoms with E-state index in [2.05, 4.69) is 15.4 Å². The van der Waals surface area contributed by atoms with Gasteiger partial charge in [0.05, 0.1) is 7.11 Å². The van der Waals surface area contributed by atoms with Gasteiger partial charge >= 0.3 is 5.97 Å². The van der Waals surface area contributed by atoms with Crippen LogP contribution in [-0.4, -0.2) is 38.2 Å². The van der Waals surface area contributed by atoms with E-state index in [1.54, 1.807) is 24.3 Å². The minimum Gasteiger partial charge on any atom is -0.482 e. The molecule has 0 aliphatic carbocycles. The zero-order valence-electron chi connectivity index (χ0n) is 13.2. The number of hydrogen-bond donors (Lipinski definition) is 2. The van der Waals surface area contributed by atoms with E-state index >= 15 is 0 Å². The Morgan fingerprint density at radius 3 is 2.65 bits per heavy atom. The molecular formula is C16H23ClN2O4.